The van der Waals surface area contributed by atoms with E-state index in [0.717, 1.165) is 24.8 Å². The van der Waals surface area contributed by atoms with Crippen molar-refractivity contribution >= 4 is 5.97 Å². The molecule has 0 amide bonds. The second kappa shape index (κ2) is 7.09. The van der Waals surface area contributed by atoms with Crippen LogP contribution in [0.25, 0.3) is 0 Å². The van der Waals surface area contributed by atoms with E-state index in [1.54, 1.807) is 6.92 Å². The molecular formula is C18H22O2. The minimum Gasteiger partial charge on any atom is -0.454 e. The summed E-state index contributed by atoms with van der Waals surface area (Å²) >= 11 is 0. The summed E-state index contributed by atoms with van der Waals surface area (Å²) in [6.07, 6.45) is 17.6. The fourth-order valence-electron chi connectivity index (χ4n) is 2.53. The minimum atomic E-state index is -0.294. The fraction of sp³-hybridized carbons (Fsp3) is 0.389. The number of fused-ring (bicyclic) bond motifs is 1. The molecule has 1 atom stereocenters. The molecule has 2 rings (SSSR count). The first kappa shape index (κ1) is 14.6. The van der Waals surface area contributed by atoms with Gasteiger partial charge in [0.2, 0.25) is 0 Å². The van der Waals surface area contributed by atoms with Gasteiger partial charge in [0, 0.05) is 5.57 Å². The number of carbonyl (C=O) groups is 1. The molecule has 1 saturated carbocycles. The second-order valence-electron chi connectivity index (χ2n) is 5.36. The third kappa shape index (κ3) is 3.83. The van der Waals surface area contributed by atoms with Crippen LogP contribution < -0.4 is 0 Å². The Labute approximate surface area is 121 Å². The zero-order valence-electron chi connectivity index (χ0n) is 12.1. The highest BCUT2D eigenvalue weighted by atomic mass is 16.5. The van der Waals surface area contributed by atoms with Crippen molar-refractivity contribution in [2.24, 2.45) is 0 Å². The van der Waals surface area contributed by atoms with Gasteiger partial charge in [0.05, 0.1) is 0 Å². The molecule has 0 heterocycles. The zero-order chi connectivity index (χ0) is 14.4. The number of rotatable bonds is 2. The first-order chi connectivity index (χ1) is 9.68. The first-order valence-corrected chi connectivity index (χ1v) is 7.29. The Hall–Kier alpha value is -1.83. The standard InChI is InChI=1S/C18H22O2/c1-14(2)18(19)20-17-13-9-5-7-11-15-10-6-3-4-8-12-16(15)17/h3-4,6,8,10,12,17H,1,5,7,9,11,13H2,2H3. The Morgan fingerprint density at radius 1 is 1.15 bits per heavy atom. The molecule has 0 aromatic rings. The third-order valence-corrected chi connectivity index (χ3v) is 3.63. The molecule has 0 aromatic heterocycles. The van der Waals surface area contributed by atoms with Gasteiger partial charge in [0.15, 0.2) is 0 Å². The van der Waals surface area contributed by atoms with E-state index in [1.165, 1.54) is 18.4 Å². The van der Waals surface area contributed by atoms with Crippen LogP contribution >= 0.6 is 0 Å². The lowest BCUT2D eigenvalue weighted by Crippen LogP contribution is -2.23. The molecule has 2 nitrogen and oxygen atoms in total. The van der Waals surface area contributed by atoms with Crippen LogP contribution in [0.1, 0.15) is 39.0 Å². The van der Waals surface area contributed by atoms with Crippen molar-refractivity contribution < 1.29 is 9.53 Å². The average molecular weight is 270 g/mol. The molecule has 1 fully saturated rings. The van der Waals surface area contributed by atoms with E-state index in [9.17, 15) is 4.79 Å². The molecule has 0 spiro atoms. The Bertz CT molecular complexity index is 504. The van der Waals surface area contributed by atoms with E-state index in [1.807, 2.05) is 18.2 Å². The van der Waals surface area contributed by atoms with Gasteiger partial charge in [-0.2, -0.15) is 0 Å². The van der Waals surface area contributed by atoms with Gasteiger partial charge in [-0.25, -0.2) is 4.79 Å². The van der Waals surface area contributed by atoms with Crippen molar-refractivity contribution in [3.8, 4) is 0 Å². The predicted molar refractivity (Wildman–Crippen MR) is 82.2 cm³/mol. The molecule has 0 radical (unpaired) electrons. The van der Waals surface area contributed by atoms with Gasteiger partial charge >= 0.3 is 5.97 Å². The molecular weight excluding hydrogens is 248 g/mol. The van der Waals surface area contributed by atoms with Crippen molar-refractivity contribution in [3.63, 3.8) is 0 Å². The van der Waals surface area contributed by atoms with E-state index < -0.39 is 0 Å². The van der Waals surface area contributed by atoms with E-state index in [0.29, 0.717) is 5.57 Å². The molecule has 1 unspecified atom stereocenters. The molecule has 106 valence electrons. The maximum absolute atomic E-state index is 11.8. The summed E-state index contributed by atoms with van der Waals surface area (Å²) in [5, 5.41) is 0. The average Bonchev–Trinajstić information content (AvgIpc) is 2.37. The normalized spacial score (nSPS) is 22.4. The monoisotopic (exact) mass is 270 g/mol. The van der Waals surface area contributed by atoms with Crippen LogP contribution in [0, 0.1) is 0 Å². The molecule has 0 saturated heterocycles. The number of esters is 1. The molecule has 0 aliphatic heterocycles. The summed E-state index contributed by atoms with van der Waals surface area (Å²) in [5.41, 5.74) is 2.88. The lowest BCUT2D eigenvalue weighted by Gasteiger charge is -2.25. The zero-order valence-corrected chi connectivity index (χ0v) is 12.1. The Kier molecular flexibility index (Phi) is 5.16. The van der Waals surface area contributed by atoms with Crippen molar-refractivity contribution in [2.45, 2.75) is 45.1 Å². The summed E-state index contributed by atoms with van der Waals surface area (Å²) in [4.78, 5) is 11.8. The SMILES string of the molecule is C=C(C)C(=O)OC1CCCCCC2=CC=CC=CC=C21. The number of carbonyl (C=O) groups excluding carboxylic acids is 1. The fourth-order valence-corrected chi connectivity index (χ4v) is 2.53. The Balaban J connectivity index is 2.26. The van der Waals surface area contributed by atoms with Gasteiger partial charge in [0.1, 0.15) is 6.10 Å². The molecule has 20 heavy (non-hydrogen) atoms. The molecule has 0 aromatic carbocycles. The van der Waals surface area contributed by atoms with Gasteiger partial charge < -0.3 is 4.74 Å². The molecule has 0 bridgehead atoms. The van der Waals surface area contributed by atoms with E-state index in [2.05, 4.69) is 24.8 Å². The Morgan fingerprint density at radius 3 is 2.65 bits per heavy atom. The van der Waals surface area contributed by atoms with Crippen LogP contribution in [0.2, 0.25) is 0 Å². The number of hydrogen-bond acceptors (Lipinski definition) is 2. The van der Waals surface area contributed by atoms with Crippen LogP contribution in [0.15, 0.2) is 59.8 Å². The second-order valence-corrected chi connectivity index (χ2v) is 5.36. The number of ether oxygens (including phenoxy) is 1. The van der Waals surface area contributed by atoms with Crippen molar-refractivity contribution in [2.75, 3.05) is 0 Å². The highest BCUT2D eigenvalue weighted by Crippen LogP contribution is 2.30. The molecule has 0 N–H and O–H groups in total. The van der Waals surface area contributed by atoms with Crippen molar-refractivity contribution in [1.29, 1.82) is 0 Å². The van der Waals surface area contributed by atoms with Gasteiger partial charge in [-0.05, 0) is 43.8 Å². The molecule has 2 aliphatic carbocycles. The summed E-state index contributed by atoms with van der Waals surface area (Å²) in [5.74, 6) is -0.294. The van der Waals surface area contributed by atoms with Crippen LogP contribution in [0.5, 0.6) is 0 Å². The highest BCUT2D eigenvalue weighted by molar-refractivity contribution is 5.87. The number of allylic oxidation sites excluding steroid dienone is 6. The van der Waals surface area contributed by atoms with E-state index in [4.69, 9.17) is 4.74 Å². The van der Waals surface area contributed by atoms with Crippen LogP contribution in [-0.2, 0) is 9.53 Å². The highest BCUT2D eigenvalue weighted by Gasteiger charge is 2.23. The molecule has 2 aliphatic rings. The first-order valence-electron chi connectivity index (χ1n) is 7.29. The third-order valence-electron chi connectivity index (χ3n) is 3.63. The predicted octanol–water partition coefficient (Wildman–Crippen LogP) is 4.42. The quantitative estimate of drug-likeness (QED) is 0.548. The van der Waals surface area contributed by atoms with Gasteiger partial charge in [-0.3, -0.25) is 0 Å². The van der Waals surface area contributed by atoms with Crippen molar-refractivity contribution in [3.05, 3.63) is 59.8 Å². The van der Waals surface area contributed by atoms with Gasteiger partial charge in [-0.15, -0.1) is 0 Å². The van der Waals surface area contributed by atoms with Crippen LogP contribution in [0.4, 0.5) is 0 Å². The smallest absolute Gasteiger partial charge is 0.333 e. The summed E-state index contributed by atoms with van der Waals surface area (Å²) < 4.78 is 5.65. The van der Waals surface area contributed by atoms with E-state index in [-0.39, 0.29) is 12.1 Å². The van der Waals surface area contributed by atoms with Crippen molar-refractivity contribution in [1.82, 2.24) is 0 Å². The Morgan fingerprint density at radius 2 is 1.90 bits per heavy atom. The van der Waals surface area contributed by atoms with Crippen LogP contribution in [-0.4, -0.2) is 12.1 Å². The minimum absolute atomic E-state index is 0.151. The van der Waals surface area contributed by atoms with Crippen LogP contribution in [0.3, 0.4) is 0 Å². The maximum Gasteiger partial charge on any atom is 0.333 e. The molecule has 2 heteroatoms. The lowest BCUT2D eigenvalue weighted by atomic mass is 9.88. The summed E-state index contributed by atoms with van der Waals surface area (Å²) in [7, 11) is 0. The van der Waals surface area contributed by atoms with E-state index >= 15 is 0 Å². The topological polar surface area (TPSA) is 26.3 Å². The van der Waals surface area contributed by atoms with Gasteiger partial charge in [0.25, 0.3) is 0 Å². The number of hydrogen-bond donors (Lipinski definition) is 0. The summed E-state index contributed by atoms with van der Waals surface area (Å²) in [6.45, 7) is 5.36. The summed E-state index contributed by atoms with van der Waals surface area (Å²) in [6, 6.07) is 0. The maximum atomic E-state index is 11.8. The lowest BCUT2D eigenvalue weighted by molar-refractivity contribution is -0.142. The largest absolute Gasteiger partial charge is 0.454 e. The van der Waals surface area contributed by atoms with Gasteiger partial charge in [-0.1, -0.05) is 49.5 Å².